The molecule has 0 atom stereocenters. The van der Waals surface area contributed by atoms with Crippen LogP contribution in [0.2, 0.25) is 0 Å². The molecule has 98 valence electrons. The summed E-state index contributed by atoms with van der Waals surface area (Å²) in [7, 11) is 1.52. The van der Waals surface area contributed by atoms with E-state index in [9.17, 15) is 14.9 Å². The summed E-state index contributed by atoms with van der Waals surface area (Å²) in [6, 6.07) is 4.30. The molecule has 0 saturated heterocycles. The maximum absolute atomic E-state index is 12.1. The Morgan fingerprint density at radius 2 is 2.26 bits per heavy atom. The Bertz CT molecular complexity index is 609. The molecule has 0 fully saturated rings. The van der Waals surface area contributed by atoms with Crippen LogP contribution in [0.25, 0.3) is 0 Å². The Hall–Kier alpha value is -2.90. The second-order valence-electron chi connectivity index (χ2n) is 3.65. The van der Waals surface area contributed by atoms with Crippen molar-refractivity contribution in [2.45, 2.75) is 0 Å². The molecule has 0 radical (unpaired) electrons. The van der Waals surface area contributed by atoms with Crippen molar-refractivity contribution < 1.29 is 9.72 Å². The van der Waals surface area contributed by atoms with Gasteiger partial charge in [-0.15, -0.1) is 0 Å². The summed E-state index contributed by atoms with van der Waals surface area (Å²) in [5.74, 6) is -0.450. The van der Waals surface area contributed by atoms with Gasteiger partial charge in [0.05, 0.1) is 22.4 Å². The zero-order valence-corrected chi connectivity index (χ0v) is 10.0. The summed E-state index contributed by atoms with van der Waals surface area (Å²) >= 11 is 0. The van der Waals surface area contributed by atoms with E-state index in [4.69, 9.17) is 0 Å². The molecule has 8 heteroatoms. The average molecular weight is 261 g/mol. The summed E-state index contributed by atoms with van der Waals surface area (Å²) in [6.45, 7) is 0. The fraction of sp³-hybridized carbons (Fsp3) is 0.0909. The van der Waals surface area contributed by atoms with Crippen molar-refractivity contribution in [1.29, 1.82) is 0 Å². The highest BCUT2D eigenvalue weighted by atomic mass is 16.6. The first-order chi connectivity index (χ1) is 9.13. The number of hydrogen-bond donors (Lipinski definition) is 3. The van der Waals surface area contributed by atoms with E-state index in [2.05, 4.69) is 20.8 Å². The summed E-state index contributed by atoms with van der Waals surface area (Å²) in [5, 5.41) is 22.4. The minimum absolute atomic E-state index is 0.151. The van der Waals surface area contributed by atoms with Crippen LogP contribution in [0.15, 0.2) is 30.6 Å². The number of hydrogen-bond acceptors (Lipinski definition) is 5. The smallest absolute Gasteiger partial charge is 0.293 e. The second kappa shape index (κ2) is 5.17. The SMILES string of the molecule is CNc1c(C(=O)Nc2cn[nH]c2)cccc1[N+](=O)[O-]. The lowest BCUT2D eigenvalue weighted by Crippen LogP contribution is -2.14. The molecular weight excluding hydrogens is 250 g/mol. The third-order valence-electron chi connectivity index (χ3n) is 2.49. The number of carbonyl (C=O) groups excluding carboxylic acids is 1. The lowest BCUT2D eigenvalue weighted by molar-refractivity contribution is -0.384. The zero-order valence-electron chi connectivity index (χ0n) is 10.0. The predicted octanol–water partition coefficient (Wildman–Crippen LogP) is 1.61. The normalized spacial score (nSPS) is 9.95. The van der Waals surface area contributed by atoms with Gasteiger partial charge in [-0.3, -0.25) is 20.0 Å². The van der Waals surface area contributed by atoms with Gasteiger partial charge < -0.3 is 10.6 Å². The number of anilines is 2. The molecule has 0 spiro atoms. The van der Waals surface area contributed by atoms with Gasteiger partial charge in [0, 0.05) is 19.3 Å². The van der Waals surface area contributed by atoms with E-state index in [0.717, 1.165) is 0 Å². The molecule has 0 bridgehead atoms. The standard InChI is InChI=1S/C11H11N5O3/c1-12-10-8(3-2-4-9(10)16(18)19)11(17)15-7-5-13-14-6-7/h2-6,12H,1H3,(H,13,14)(H,15,17). The van der Waals surface area contributed by atoms with Gasteiger partial charge in [-0.1, -0.05) is 6.07 Å². The Morgan fingerprint density at radius 1 is 1.47 bits per heavy atom. The monoisotopic (exact) mass is 261 g/mol. The van der Waals surface area contributed by atoms with Crippen LogP contribution >= 0.6 is 0 Å². The summed E-state index contributed by atoms with van der Waals surface area (Å²) in [4.78, 5) is 22.4. The highest BCUT2D eigenvalue weighted by Crippen LogP contribution is 2.28. The number of para-hydroxylation sites is 1. The molecule has 19 heavy (non-hydrogen) atoms. The number of aromatic nitrogens is 2. The molecule has 0 saturated carbocycles. The van der Waals surface area contributed by atoms with E-state index < -0.39 is 10.8 Å². The number of nitro groups is 1. The third-order valence-corrected chi connectivity index (χ3v) is 2.49. The van der Waals surface area contributed by atoms with E-state index in [0.29, 0.717) is 5.69 Å². The van der Waals surface area contributed by atoms with Crippen LogP contribution in [-0.2, 0) is 0 Å². The van der Waals surface area contributed by atoms with Crippen LogP contribution in [0.3, 0.4) is 0 Å². The Labute approximate surface area is 108 Å². The number of nitrogens with zero attached hydrogens (tertiary/aromatic N) is 2. The molecule has 0 aliphatic heterocycles. The fourth-order valence-corrected chi connectivity index (χ4v) is 1.66. The number of nitrogens with one attached hydrogen (secondary N) is 3. The lowest BCUT2D eigenvalue weighted by Gasteiger charge is -2.08. The number of carbonyl (C=O) groups is 1. The van der Waals surface area contributed by atoms with E-state index in [-0.39, 0.29) is 16.9 Å². The highest BCUT2D eigenvalue weighted by Gasteiger charge is 2.20. The molecule has 8 nitrogen and oxygen atoms in total. The van der Waals surface area contributed by atoms with Crippen molar-refractivity contribution in [2.24, 2.45) is 0 Å². The zero-order chi connectivity index (χ0) is 13.8. The number of rotatable bonds is 4. The number of aromatic amines is 1. The molecule has 2 rings (SSSR count). The van der Waals surface area contributed by atoms with Gasteiger partial charge in [0.15, 0.2) is 0 Å². The molecule has 0 aliphatic carbocycles. The molecule has 0 aliphatic rings. The van der Waals surface area contributed by atoms with Crippen LogP contribution in [-0.4, -0.2) is 28.1 Å². The van der Waals surface area contributed by atoms with E-state index in [1.807, 2.05) is 0 Å². The molecular formula is C11H11N5O3. The van der Waals surface area contributed by atoms with Crippen LogP contribution in [0.5, 0.6) is 0 Å². The maximum Gasteiger partial charge on any atom is 0.293 e. The van der Waals surface area contributed by atoms with Gasteiger partial charge in [0.25, 0.3) is 11.6 Å². The topological polar surface area (TPSA) is 113 Å². The summed E-state index contributed by atoms with van der Waals surface area (Å²) < 4.78 is 0. The first-order valence-electron chi connectivity index (χ1n) is 5.38. The fourth-order valence-electron chi connectivity index (χ4n) is 1.66. The molecule has 0 unspecified atom stereocenters. The van der Waals surface area contributed by atoms with Gasteiger partial charge >= 0.3 is 0 Å². The lowest BCUT2D eigenvalue weighted by atomic mass is 10.1. The molecule has 3 N–H and O–H groups in total. The molecule has 1 heterocycles. The highest BCUT2D eigenvalue weighted by molar-refractivity contribution is 6.09. The summed E-state index contributed by atoms with van der Waals surface area (Å²) in [6.07, 6.45) is 2.95. The first kappa shape index (κ1) is 12.6. The van der Waals surface area contributed by atoms with Gasteiger partial charge in [-0.05, 0) is 6.07 Å². The van der Waals surface area contributed by atoms with Crippen molar-refractivity contribution in [3.63, 3.8) is 0 Å². The minimum Gasteiger partial charge on any atom is -0.382 e. The van der Waals surface area contributed by atoms with Crippen molar-refractivity contribution in [3.8, 4) is 0 Å². The van der Waals surface area contributed by atoms with Crippen LogP contribution < -0.4 is 10.6 Å². The predicted molar refractivity (Wildman–Crippen MR) is 69.2 cm³/mol. The van der Waals surface area contributed by atoms with Gasteiger partial charge in [-0.2, -0.15) is 5.10 Å². The second-order valence-corrected chi connectivity index (χ2v) is 3.65. The van der Waals surface area contributed by atoms with Crippen molar-refractivity contribution in [1.82, 2.24) is 10.2 Å². The Balaban J connectivity index is 2.36. The van der Waals surface area contributed by atoms with Crippen LogP contribution in [0, 0.1) is 10.1 Å². The number of nitro benzene ring substituents is 1. The minimum atomic E-state index is -0.541. The maximum atomic E-state index is 12.1. The molecule has 1 aromatic heterocycles. The quantitative estimate of drug-likeness (QED) is 0.571. The summed E-state index contributed by atoms with van der Waals surface area (Å²) in [5.41, 5.74) is 0.701. The first-order valence-corrected chi connectivity index (χ1v) is 5.38. The third kappa shape index (κ3) is 2.51. The molecule has 2 aromatic rings. The Morgan fingerprint density at radius 3 is 2.84 bits per heavy atom. The van der Waals surface area contributed by atoms with E-state index >= 15 is 0 Å². The molecule has 1 aromatic carbocycles. The number of H-pyrrole nitrogens is 1. The van der Waals surface area contributed by atoms with Crippen molar-refractivity contribution >= 4 is 23.0 Å². The van der Waals surface area contributed by atoms with Crippen molar-refractivity contribution in [3.05, 3.63) is 46.3 Å². The Kier molecular flexibility index (Phi) is 3.42. The number of benzene rings is 1. The van der Waals surface area contributed by atoms with Crippen molar-refractivity contribution in [2.75, 3.05) is 17.7 Å². The average Bonchev–Trinajstić information content (AvgIpc) is 2.90. The molecule has 1 amide bonds. The van der Waals surface area contributed by atoms with Crippen LogP contribution in [0.1, 0.15) is 10.4 Å². The largest absolute Gasteiger partial charge is 0.382 e. The van der Waals surface area contributed by atoms with E-state index in [1.165, 1.54) is 37.6 Å². The van der Waals surface area contributed by atoms with Gasteiger partial charge in [-0.25, -0.2) is 0 Å². The van der Waals surface area contributed by atoms with Crippen LogP contribution in [0.4, 0.5) is 17.1 Å². The van der Waals surface area contributed by atoms with Gasteiger partial charge in [0.1, 0.15) is 5.69 Å². The van der Waals surface area contributed by atoms with Gasteiger partial charge in [0.2, 0.25) is 0 Å². The number of amides is 1. The van der Waals surface area contributed by atoms with E-state index in [1.54, 1.807) is 0 Å².